The number of carbonyl (C=O) groups excluding carboxylic acids is 2. The molecule has 27 heavy (non-hydrogen) atoms. The lowest BCUT2D eigenvalue weighted by molar-refractivity contribution is 0.0785. The molecule has 3 aromatic carbocycles. The Bertz CT molecular complexity index is 923. The van der Waals surface area contributed by atoms with Gasteiger partial charge in [0, 0.05) is 37.5 Å². The topological polar surface area (TPSA) is 40.6 Å². The Balaban J connectivity index is 1.76. The van der Waals surface area contributed by atoms with Crippen molar-refractivity contribution in [3.63, 3.8) is 0 Å². The molecule has 0 bridgehead atoms. The van der Waals surface area contributed by atoms with Crippen LogP contribution in [0.3, 0.4) is 0 Å². The van der Waals surface area contributed by atoms with Gasteiger partial charge in [-0.05, 0) is 35.9 Å². The van der Waals surface area contributed by atoms with E-state index >= 15 is 0 Å². The Morgan fingerprint density at radius 2 is 1.26 bits per heavy atom. The first-order chi connectivity index (χ1) is 13.1. The molecule has 0 aliphatic heterocycles. The molecule has 0 radical (unpaired) electrons. The second-order valence-corrected chi connectivity index (χ2v) is 6.43. The molecular weight excluding hydrogens is 336 g/mol. The second-order valence-electron chi connectivity index (χ2n) is 6.43. The van der Waals surface area contributed by atoms with Crippen LogP contribution in [0.15, 0.2) is 84.9 Å². The van der Waals surface area contributed by atoms with E-state index < -0.39 is 0 Å². The Kier molecular flexibility index (Phi) is 5.67. The van der Waals surface area contributed by atoms with Crippen LogP contribution in [0.5, 0.6) is 0 Å². The molecular formula is C23H22N2O2. The standard InChI is InChI=1S/C23H22N2O2/c1-24(17-18-10-5-3-6-11-18)22(26)19-12-9-13-20(16-19)23(27)25(2)21-14-7-4-8-15-21/h3-16H,17H2,1-2H3. The molecule has 0 aliphatic carbocycles. The van der Waals surface area contributed by atoms with Gasteiger partial charge in [-0.1, -0.05) is 54.6 Å². The molecule has 3 aromatic rings. The third kappa shape index (κ3) is 4.42. The van der Waals surface area contributed by atoms with Crippen LogP contribution in [0.25, 0.3) is 0 Å². The SMILES string of the molecule is CN(Cc1ccccc1)C(=O)c1cccc(C(=O)N(C)c2ccccc2)c1. The van der Waals surface area contributed by atoms with Crippen molar-refractivity contribution in [2.24, 2.45) is 0 Å². The fourth-order valence-electron chi connectivity index (χ4n) is 2.90. The Hall–Kier alpha value is -3.40. The summed E-state index contributed by atoms with van der Waals surface area (Å²) in [6.45, 7) is 0.516. The van der Waals surface area contributed by atoms with Crippen LogP contribution >= 0.6 is 0 Å². The molecule has 0 saturated carbocycles. The van der Waals surface area contributed by atoms with Crippen molar-refractivity contribution in [3.05, 3.63) is 102 Å². The smallest absolute Gasteiger partial charge is 0.258 e. The van der Waals surface area contributed by atoms with Crippen molar-refractivity contribution >= 4 is 17.5 Å². The summed E-state index contributed by atoms with van der Waals surface area (Å²) in [4.78, 5) is 28.8. The summed E-state index contributed by atoms with van der Waals surface area (Å²) in [5.41, 5.74) is 2.85. The number of nitrogens with zero attached hydrogens (tertiary/aromatic N) is 2. The third-order valence-electron chi connectivity index (χ3n) is 4.41. The first-order valence-electron chi connectivity index (χ1n) is 8.79. The average molecular weight is 358 g/mol. The molecule has 0 spiro atoms. The van der Waals surface area contributed by atoms with Gasteiger partial charge in [0.25, 0.3) is 11.8 Å². The number of amides is 2. The van der Waals surface area contributed by atoms with Gasteiger partial charge in [0.2, 0.25) is 0 Å². The van der Waals surface area contributed by atoms with Gasteiger partial charge < -0.3 is 9.80 Å². The highest BCUT2D eigenvalue weighted by Crippen LogP contribution is 2.17. The lowest BCUT2D eigenvalue weighted by Crippen LogP contribution is -2.28. The minimum atomic E-state index is -0.151. The molecule has 136 valence electrons. The zero-order valence-electron chi connectivity index (χ0n) is 15.5. The maximum atomic E-state index is 12.8. The molecule has 0 atom stereocenters. The summed E-state index contributed by atoms with van der Waals surface area (Å²) in [5.74, 6) is -0.266. The molecule has 0 unspecified atom stereocenters. The molecule has 3 rings (SSSR count). The maximum Gasteiger partial charge on any atom is 0.258 e. The lowest BCUT2D eigenvalue weighted by Gasteiger charge is -2.19. The Morgan fingerprint density at radius 1 is 0.704 bits per heavy atom. The molecule has 4 heteroatoms. The van der Waals surface area contributed by atoms with Crippen LogP contribution in [-0.4, -0.2) is 30.8 Å². The molecule has 2 amide bonds. The van der Waals surface area contributed by atoms with Crippen molar-refractivity contribution in [3.8, 4) is 0 Å². The summed E-state index contributed by atoms with van der Waals surface area (Å²) in [6, 6.07) is 26.1. The fourth-order valence-corrected chi connectivity index (χ4v) is 2.90. The zero-order chi connectivity index (χ0) is 19.2. The minimum absolute atomic E-state index is 0.115. The van der Waals surface area contributed by atoms with E-state index in [-0.39, 0.29) is 11.8 Å². The van der Waals surface area contributed by atoms with Crippen LogP contribution in [0, 0.1) is 0 Å². The number of hydrogen-bond donors (Lipinski definition) is 0. The first kappa shape index (κ1) is 18.4. The molecule has 0 saturated heterocycles. The van der Waals surface area contributed by atoms with Crippen LogP contribution < -0.4 is 4.90 Å². The number of benzene rings is 3. The van der Waals surface area contributed by atoms with Crippen molar-refractivity contribution in [1.82, 2.24) is 4.90 Å². The minimum Gasteiger partial charge on any atom is -0.337 e. The second kappa shape index (κ2) is 8.32. The fraction of sp³-hybridized carbons (Fsp3) is 0.130. The van der Waals surface area contributed by atoms with E-state index in [4.69, 9.17) is 0 Å². The van der Waals surface area contributed by atoms with Gasteiger partial charge in [-0.2, -0.15) is 0 Å². The van der Waals surface area contributed by atoms with Crippen LogP contribution in [0.2, 0.25) is 0 Å². The number of para-hydroxylation sites is 1. The molecule has 0 heterocycles. The third-order valence-corrected chi connectivity index (χ3v) is 4.41. The van der Waals surface area contributed by atoms with E-state index in [0.29, 0.717) is 17.7 Å². The monoisotopic (exact) mass is 358 g/mol. The van der Waals surface area contributed by atoms with E-state index in [1.165, 1.54) is 0 Å². The summed E-state index contributed by atoms with van der Waals surface area (Å²) < 4.78 is 0. The predicted molar refractivity (Wildman–Crippen MR) is 108 cm³/mol. The van der Waals surface area contributed by atoms with Crippen LogP contribution in [-0.2, 0) is 6.54 Å². The predicted octanol–water partition coefficient (Wildman–Crippen LogP) is 4.24. The van der Waals surface area contributed by atoms with E-state index in [1.54, 1.807) is 48.2 Å². The molecule has 0 N–H and O–H groups in total. The maximum absolute atomic E-state index is 12.8. The van der Waals surface area contributed by atoms with E-state index in [2.05, 4.69) is 0 Å². The van der Waals surface area contributed by atoms with E-state index in [0.717, 1.165) is 11.3 Å². The quantitative estimate of drug-likeness (QED) is 0.685. The first-order valence-corrected chi connectivity index (χ1v) is 8.79. The van der Waals surface area contributed by atoms with Gasteiger partial charge in [-0.25, -0.2) is 0 Å². The van der Waals surface area contributed by atoms with Gasteiger partial charge in [0.1, 0.15) is 0 Å². The highest BCUT2D eigenvalue weighted by Gasteiger charge is 2.17. The average Bonchev–Trinajstić information content (AvgIpc) is 2.73. The molecule has 4 nitrogen and oxygen atoms in total. The van der Waals surface area contributed by atoms with Crippen molar-refractivity contribution in [2.75, 3.05) is 19.0 Å². The zero-order valence-corrected chi connectivity index (χ0v) is 15.5. The molecule has 0 aromatic heterocycles. The van der Waals surface area contributed by atoms with Gasteiger partial charge in [0.05, 0.1) is 0 Å². The largest absolute Gasteiger partial charge is 0.337 e. The molecule has 0 aliphatic rings. The highest BCUT2D eigenvalue weighted by molar-refractivity contribution is 6.07. The molecule has 0 fully saturated rings. The number of hydrogen-bond acceptors (Lipinski definition) is 2. The Labute approximate surface area is 159 Å². The van der Waals surface area contributed by atoms with Crippen molar-refractivity contribution < 1.29 is 9.59 Å². The van der Waals surface area contributed by atoms with Crippen LogP contribution in [0.1, 0.15) is 26.3 Å². The summed E-state index contributed by atoms with van der Waals surface area (Å²) in [6.07, 6.45) is 0. The summed E-state index contributed by atoms with van der Waals surface area (Å²) >= 11 is 0. The van der Waals surface area contributed by atoms with E-state index in [9.17, 15) is 9.59 Å². The summed E-state index contributed by atoms with van der Waals surface area (Å²) in [7, 11) is 3.49. The number of anilines is 1. The van der Waals surface area contributed by atoms with E-state index in [1.807, 2.05) is 60.7 Å². The van der Waals surface area contributed by atoms with Crippen molar-refractivity contribution in [1.29, 1.82) is 0 Å². The van der Waals surface area contributed by atoms with Gasteiger partial charge in [0.15, 0.2) is 0 Å². The number of rotatable bonds is 5. The van der Waals surface area contributed by atoms with Crippen LogP contribution in [0.4, 0.5) is 5.69 Å². The van der Waals surface area contributed by atoms with Crippen molar-refractivity contribution in [2.45, 2.75) is 6.54 Å². The lowest BCUT2D eigenvalue weighted by atomic mass is 10.1. The number of carbonyl (C=O) groups is 2. The van der Waals surface area contributed by atoms with Gasteiger partial charge in [-0.15, -0.1) is 0 Å². The van der Waals surface area contributed by atoms with Gasteiger partial charge >= 0.3 is 0 Å². The Morgan fingerprint density at radius 3 is 1.89 bits per heavy atom. The highest BCUT2D eigenvalue weighted by atomic mass is 16.2. The van der Waals surface area contributed by atoms with Gasteiger partial charge in [-0.3, -0.25) is 9.59 Å². The normalized spacial score (nSPS) is 10.3. The summed E-state index contributed by atoms with van der Waals surface area (Å²) in [5, 5.41) is 0.